The number of rotatable bonds is 4. The first-order valence-electron chi connectivity index (χ1n) is 11.3. The van der Waals surface area contributed by atoms with Crippen LogP contribution in [0.5, 0.6) is 0 Å². The van der Waals surface area contributed by atoms with Crippen LogP contribution < -0.4 is 5.32 Å². The first-order chi connectivity index (χ1) is 15.3. The van der Waals surface area contributed by atoms with Crippen LogP contribution in [0, 0.1) is 5.92 Å². The van der Waals surface area contributed by atoms with Crippen molar-refractivity contribution in [2.75, 3.05) is 0 Å². The van der Waals surface area contributed by atoms with Gasteiger partial charge in [-0.3, -0.25) is 9.59 Å². The van der Waals surface area contributed by atoms with Crippen LogP contribution in [-0.2, 0) is 17.9 Å². The molecular weight excluding hydrogens is 426 g/mol. The zero-order valence-corrected chi connectivity index (χ0v) is 19.2. The third-order valence-electron chi connectivity index (χ3n) is 7.12. The number of carbonyl (C=O) groups is 2. The maximum absolute atomic E-state index is 13.7. The van der Waals surface area contributed by atoms with E-state index in [2.05, 4.69) is 12.2 Å². The maximum atomic E-state index is 13.7. The maximum Gasteiger partial charge on any atom is 0.271 e. The summed E-state index contributed by atoms with van der Waals surface area (Å²) in [5.74, 6) is 0.409. The molecule has 0 radical (unpaired) electrons. The standard InChI is InChI=1S/C25H28ClN3O3/c1-16-6-8-19(9-7-16)27-24(31)25(2)15-28-20-10-11-32-22(20)13-21(28)23(30)29(25)14-17-4-3-5-18(26)12-17/h3-5,10-13,16,19H,6-9,14-15H2,1-2H3,(H,27,31)/t16?,19?,25-/m1/s1. The molecule has 1 aliphatic carbocycles. The van der Waals surface area contributed by atoms with Crippen molar-refractivity contribution in [2.24, 2.45) is 5.92 Å². The number of benzene rings is 1. The molecule has 2 aliphatic rings. The second-order valence-electron chi connectivity index (χ2n) is 9.51. The Morgan fingerprint density at radius 1 is 1.22 bits per heavy atom. The number of halogens is 1. The van der Waals surface area contributed by atoms with Crippen molar-refractivity contribution in [3.8, 4) is 0 Å². The van der Waals surface area contributed by atoms with Crippen LogP contribution in [0.15, 0.2) is 47.1 Å². The first-order valence-corrected chi connectivity index (χ1v) is 11.7. The smallest absolute Gasteiger partial charge is 0.271 e. The van der Waals surface area contributed by atoms with Gasteiger partial charge in [-0.05, 0) is 56.2 Å². The zero-order valence-electron chi connectivity index (χ0n) is 18.4. The van der Waals surface area contributed by atoms with Gasteiger partial charge in [-0.2, -0.15) is 0 Å². The fourth-order valence-electron chi connectivity index (χ4n) is 5.08. The summed E-state index contributed by atoms with van der Waals surface area (Å²) < 4.78 is 7.45. The Hall–Kier alpha value is -2.73. The zero-order chi connectivity index (χ0) is 22.5. The van der Waals surface area contributed by atoms with Crippen molar-refractivity contribution >= 4 is 34.5 Å². The van der Waals surface area contributed by atoms with Crippen molar-refractivity contribution in [2.45, 2.75) is 64.2 Å². The molecule has 2 amide bonds. The lowest BCUT2D eigenvalue weighted by atomic mass is 9.86. The van der Waals surface area contributed by atoms with Crippen LogP contribution in [0.2, 0.25) is 5.02 Å². The fraction of sp³-hybridized carbons (Fsp3) is 0.440. The van der Waals surface area contributed by atoms with Gasteiger partial charge in [0.1, 0.15) is 11.2 Å². The monoisotopic (exact) mass is 453 g/mol. The van der Waals surface area contributed by atoms with E-state index in [9.17, 15) is 9.59 Å². The molecule has 0 unspecified atom stereocenters. The minimum absolute atomic E-state index is 0.108. The molecule has 1 aliphatic heterocycles. The van der Waals surface area contributed by atoms with E-state index in [1.54, 1.807) is 23.3 Å². The van der Waals surface area contributed by atoms with E-state index < -0.39 is 5.54 Å². The molecule has 0 bridgehead atoms. The molecule has 3 heterocycles. The predicted octanol–water partition coefficient (Wildman–Crippen LogP) is 5.00. The highest BCUT2D eigenvalue weighted by molar-refractivity contribution is 6.30. The van der Waals surface area contributed by atoms with Gasteiger partial charge >= 0.3 is 0 Å². The number of fused-ring (bicyclic) bond motifs is 3. The van der Waals surface area contributed by atoms with E-state index in [-0.39, 0.29) is 17.9 Å². The average molecular weight is 454 g/mol. The van der Waals surface area contributed by atoms with Crippen molar-refractivity contribution in [1.82, 2.24) is 14.8 Å². The van der Waals surface area contributed by atoms with E-state index >= 15 is 0 Å². The Kier molecular flexibility index (Phi) is 5.28. The molecule has 1 fully saturated rings. The summed E-state index contributed by atoms with van der Waals surface area (Å²) >= 11 is 6.19. The highest BCUT2D eigenvalue weighted by atomic mass is 35.5. The van der Waals surface area contributed by atoms with Gasteiger partial charge in [-0.1, -0.05) is 30.7 Å². The Bertz CT molecular complexity index is 1170. The van der Waals surface area contributed by atoms with Gasteiger partial charge in [0.15, 0.2) is 5.58 Å². The number of hydrogen-bond donors (Lipinski definition) is 1. The van der Waals surface area contributed by atoms with E-state index in [0.29, 0.717) is 35.3 Å². The summed E-state index contributed by atoms with van der Waals surface area (Å²) in [7, 11) is 0. The van der Waals surface area contributed by atoms with Crippen LogP contribution in [0.4, 0.5) is 0 Å². The number of nitrogens with one attached hydrogen (secondary N) is 1. The van der Waals surface area contributed by atoms with Crippen molar-refractivity contribution in [3.05, 3.63) is 58.9 Å². The summed E-state index contributed by atoms with van der Waals surface area (Å²) in [5.41, 5.74) is 1.88. The Morgan fingerprint density at radius 3 is 2.75 bits per heavy atom. The van der Waals surface area contributed by atoms with Gasteiger partial charge < -0.3 is 19.2 Å². The second kappa shape index (κ2) is 8.00. The number of hydrogen-bond acceptors (Lipinski definition) is 3. The predicted molar refractivity (Wildman–Crippen MR) is 123 cm³/mol. The lowest BCUT2D eigenvalue weighted by Crippen LogP contribution is -2.64. The van der Waals surface area contributed by atoms with Gasteiger partial charge in [0.2, 0.25) is 5.91 Å². The molecule has 3 aromatic rings. The fourth-order valence-corrected chi connectivity index (χ4v) is 5.30. The quantitative estimate of drug-likeness (QED) is 0.604. The molecule has 6 nitrogen and oxygen atoms in total. The van der Waals surface area contributed by atoms with Crippen LogP contribution in [0.25, 0.3) is 11.1 Å². The molecule has 0 spiro atoms. The molecule has 32 heavy (non-hydrogen) atoms. The van der Waals surface area contributed by atoms with Crippen LogP contribution in [0.1, 0.15) is 55.6 Å². The minimum atomic E-state index is -1.04. The Balaban J connectivity index is 1.51. The number of aromatic nitrogens is 1. The molecule has 1 atom stereocenters. The SMILES string of the molecule is CC1CCC(NC(=O)[C@@]2(C)Cn3c(cc4occc43)C(=O)N2Cc2cccc(Cl)c2)CC1. The summed E-state index contributed by atoms with van der Waals surface area (Å²) in [6.07, 6.45) is 5.80. The molecule has 7 heteroatoms. The third kappa shape index (κ3) is 3.60. The minimum Gasteiger partial charge on any atom is -0.463 e. The summed E-state index contributed by atoms with van der Waals surface area (Å²) in [6.45, 7) is 4.80. The van der Waals surface area contributed by atoms with Gasteiger partial charge in [0.05, 0.1) is 18.3 Å². The van der Waals surface area contributed by atoms with E-state index in [1.165, 1.54) is 0 Å². The van der Waals surface area contributed by atoms with Crippen molar-refractivity contribution < 1.29 is 14.0 Å². The molecule has 168 valence electrons. The van der Waals surface area contributed by atoms with Gasteiger partial charge in [0.25, 0.3) is 5.91 Å². The highest BCUT2D eigenvalue weighted by Gasteiger charge is 2.48. The molecule has 5 rings (SSSR count). The number of nitrogens with zero attached hydrogens (tertiary/aromatic N) is 2. The number of furan rings is 1. The van der Waals surface area contributed by atoms with Gasteiger partial charge in [0, 0.05) is 29.7 Å². The summed E-state index contributed by atoms with van der Waals surface area (Å²) in [4.78, 5) is 29.1. The molecule has 1 N–H and O–H groups in total. The van der Waals surface area contributed by atoms with Gasteiger partial charge in [-0.15, -0.1) is 0 Å². The molecule has 0 saturated heterocycles. The largest absolute Gasteiger partial charge is 0.463 e. The van der Waals surface area contributed by atoms with E-state index in [4.69, 9.17) is 16.0 Å². The molecule has 1 aromatic carbocycles. The first kappa shape index (κ1) is 21.1. The molecule has 2 aromatic heterocycles. The second-order valence-corrected chi connectivity index (χ2v) is 9.95. The molecular formula is C25H28ClN3O3. The lowest BCUT2D eigenvalue weighted by Gasteiger charge is -2.45. The summed E-state index contributed by atoms with van der Waals surface area (Å²) in [5, 5.41) is 3.87. The van der Waals surface area contributed by atoms with Crippen LogP contribution in [0.3, 0.4) is 0 Å². The van der Waals surface area contributed by atoms with Crippen molar-refractivity contribution in [1.29, 1.82) is 0 Å². The Morgan fingerprint density at radius 2 is 2.00 bits per heavy atom. The third-order valence-corrected chi connectivity index (χ3v) is 7.35. The topological polar surface area (TPSA) is 67.5 Å². The Labute approximate surface area is 192 Å². The van der Waals surface area contributed by atoms with Crippen LogP contribution in [-0.4, -0.2) is 32.9 Å². The number of carbonyl (C=O) groups excluding carboxylic acids is 2. The van der Waals surface area contributed by atoms with Gasteiger partial charge in [-0.25, -0.2) is 0 Å². The van der Waals surface area contributed by atoms with Crippen molar-refractivity contribution in [3.63, 3.8) is 0 Å². The number of amides is 2. The normalized spacial score (nSPS) is 25.7. The van der Waals surface area contributed by atoms with E-state index in [1.807, 2.05) is 35.8 Å². The lowest BCUT2D eigenvalue weighted by molar-refractivity contribution is -0.134. The summed E-state index contributed by atoms with van der Waals surface area (Å²) in [6, 6.07) is 11.2. The van der Waals surface area contributed by atoms with E-state index in [0.717, 1.165) is 36.8 Å². The highest BCUT2D eigenvalue weighted by Crippen LogP contribution is 2.34. The van der Waals surface area contributed by atoms with Crippen LogP contribution >= 0.6 is 11.6 Å². The average Bonchev–Trinajstić information content (AvgIpc) is 3.35. The molecule has 1 saturated carbocycles.